The third-order valence-electron chi connectivity index (χ3n) is 2.60. The van der Waals surface area contributed by atoms with Crippen molar-refractivity contribution in [2.75, 3.05) is 19.0 Å². The minimum Gasteiger partial charge on any atom is -0.493 e. The molecule has 0 radical (unpaired) electrons. The normalized spacial score (nSPS) is 12.0. The van der Waals surface area contributed by atoms with Crippen LogP contribution in [0.2, 0.25) is 0 Å². The lowest BCUT2D eigenvalue weighted by Gasteiger charge is -2.10. The lowest BCUT2D eigenvalue weighted by Crippen LogP contribution is -2.08. The molecule has 0 fully saturated rings. The van der Waals surface area contributed by atoms with E-state index in [1.54, 1.807) is 13.8 Å². The first-order valence-corrected chi connectivity index (χ1v) is 7.71. The number of esters is 1. The largest absolute Gasteiger partial charge is 0.493 e. The number of rotatable bonds is 8. The molecule has 1 rings (SSSR count). The molecule has 112 valence electrons. The number of benzene rings is 1. The van der Waals surface area contributed by atoms with E-state index in [-0.39, 0.29) is 12.1 Å². The summed E-state index contributed by atoms with van der Waals surface area (Å²) in [5.41, 5.74) is 1.06. The van der Waals surface area contributed by atoms with Crippen LogP contribution in [0.15, 0.2) is 23.1 Å². The average Bonchev–Trinajstić information content (AvgIpc) is 2.37. The maximum absolute atomic E-state index is 11.3. The van der Waals surface area contributed by atoms with Crippen LogP contribution < -0.4 is 4.74 Å². The Morgan fingerprint density at radius 1 is 1.45 bits per heavy atom. The van der Waals surface area contributed by atoms with Gasteiger partial charge in [-0.15, -0.1) is 11.8 Å². The van der Waals surface area contributed by atoms with Crippen molar-refractivity contribution in [1.82, 2.24) is 0 Å². The van der Waals surface area contributed by atoms with Gasteiger partial charge in [0.25, 0.3) is 0 Å². The summed E-state index contributed by atoms with van der Waals surface area (Å²) in [6.45, 7) is 6.42. The molecule has 0 aliphatic heterocycles. The lowest BCUT2D eigenvalue weighted by atomic mass is 10.2. The minimum atomic E-state index is -0.351. The Labute approximate surface area is 124 Å². The van der Waals surface area contributed by atoms with Gasteiger partial charge < -0.3 is 14.6 Å². The topological polar surface area (TPSA) is 55.8 Å². The van der Waals surface area contributed by atoms with Crippen molar-refractivity contribution < 1.29 is 19.4 Å². The number of hydrogen-bond donors (Lipinski definition) is 1. The van der Waals surface area contributed by atoms with Gasteiger partial charge >= 0.3 is 5.97 Å². The molecule has 0 aliphatic carbocycles. The van der Waals surface area contributed by atoms with Crippen LogP contribution in [0.25, 0.3) is 0 Å². The molecule has 0 spiro atoms. The average molecular weight is 298 g/mol. The van der Waals surface area contributed by atoms with E-state index in [4.69, 9.17) is 14.6 Å². The predicted octanol–water partition coefficient (Wildman–Crippen LogP) is 2.80. The fraction of sp³-hybridized carbons (Fsp3) is 0.533. The maximum atomic E-state index is 11.3. The van der Waals surface area contributed by atoms with Gasteiger partial charge in [-0.2, -0.15) is 0 Å². The highest BCUT2D eigenvalue weighted by atomic mass is 32.2. The molecule has 0 heterocycles. The summed E-state index contributed by atoms with van der Waals surface area (Å²) in [5.74, 6) is 0.898. The Kier molecular flexibility index (Phi) is 7.47. The van der Waals surface area contributed by atoms with E-state index in [0.29, 0.717) is 25.4 Å². The second kappa shape index (κ2) is 8.87. The molecule has 0 bridgehead atoms. The number of aliphatic hydroxyl groups is 1. The van der Waals surface area contributed by atoms with Crippen LogP contribution >= 0.6 is 11.8 Å². The van der Waals surface area contributed by atoms with E-state index >= 15 is 0 Å². The number of carbonyl (C=O) groups is 1. The van der Waals surface area contributed by atoms with E-state index < -0.39 is 0 Å². The van der Waals surface area contributed by atoms with Crippen molar-refractivity contribution in [1.29, 1.82) is 0 Å². The molecule has 1 aromatic carbocycles. The minimum absolute atomic E-state index is 0.200. The van der Waals surface area contributed by atoms with E-state index in [9.17, 15) is 4.79 Å². The van der Waals surface area contributed by atoms with Crippen molar-refractivity contribution in [2.24, 2.45) is 0 Å². The first kappa shape index (κ1) is 16.9. The molecule has 1 unspecified atom stereocenters. The maximum Gasteiger partial charge on any atom is 0.316 e. The molecule has 0 saturated heterocycles. The van der Waals surface area contributed by atoms with Crippen molar-refractivity contribution in [3.8, 4) is 5.75 Å². The van der Waals surface area contributed by atoms with Gasteiger partial charge in [0.1, 0.15) is 5.75 Å². The number of ether oxygens (including phenoxy) is 2. The fourth-order valence-corrected chi connectivity index (χ4v) is 2.37. The Bertz CT molecular complexity index is 432. The van der Waals surface area contributed by atoms with Crippen LogP contribution in [0, 0.1) is 6.92 Å². The molecule has 4 nitrogen and oxygen atoms in total. The fourth-order valence-electron chi connectivity index (χ4n) is 1.56. The van der Waals surface area contributed by atoms with Gasteiger partial charge in [-0.05, 0) is 44.5 Å². The third-order valence-corrected chi connectivity index (χ3v) is 3.75. The predicted molar refractivity (Wildman–Crippen MR) is 80.3 cm³/mol. The monoisotopic (exact) mass is 298 g/mol. The Morgan fingerprint density at radius 3 is 2.80 bits per heavy atom. The molecule has 0 saturated carbocycles. The van der Waals surface area contributed by atoms with Crippen LogP contribution in [0.3, 0.4) is 0 Å². The summed E-state index contributed by atoms with van der Waals surface area (Å²) in [6.07, 6.45) is 0.258. The van der Waals surface area contributed by atoms with Gasteiger partial charge in [0.15, 0.2) is 0 Å². The second-order valence-electron chi connectivity index (χ2n) is 4.51. The van der Waals surface area contributed by atoms with E-state index in [1.165, 1.54) is 11.8 Å². The highest BCUT2D eigenvalue weighted by Crippen LogP contribution is 2.26. The zero-order valence-corrected chi connectivity index (χ0v) is 13.0. The van der Waals surface area contributed by atoms with Crippen molar-refractivity contribution in [3.63, 3.8) is 0 Å². The van der Waals surface area contributed by atoms with Gasteiger partial charge in [-0.3, -0.25) is 4.79 Å². The summed E-state index contributed by atoms with van der Waals surface area (Å²) in [6, 6.07) is 5.76. The highest BCUT2D eigenvalue weighted by molar-refractivity contribution is 8.00. The highest BCUT2D eigenvalue weighted by Gasteiger charge is 2.06. The molecule has 1 atom stereocenters. The van der Waals surface area contributed by atoms with E-state index in [2.05, 4.69) is 0 Å². The molecule has 0 amide bonds. The molecule has 0 aliphatic rings. The van der Waals surface area contributed by atoms with Gasteiger partial charge in [-0.1, -0.05) is 0 Å². The van der Waals surface area contributed by atoms with Crippen molar-refractivity contribution in [3.05, 3.63) is 23.8 Å². The number of thioether (sulfide) groups is 1. The Morgan fingerprint density at radius 2 is 2.20 bits per heavy atom. The van der Waals surface area contributed by atoms with Gasteiger partial charge in [0.2, 0.25) is 0 Å². The lowest BCUT2D eigenvalue weighted by molar-refractivity contribution is -0.139. The van der Waals surface area contributed by atoms with Crippen LogP contribution in [-0.4, -0.2) is 36.1 Å². The molecule has 5 heteroatoms. The number of carbonyl (C=O) groups excluding carboxylic acids is 1. The standard InChI is InChI=1S/C15H22O4S/c1-4-18-15(17)10-20-14-6-5-13(9-11(14)2)19-8-7-12(3)16/h5-6,9,12,16H,4,7-8,10H2,1-3H3. The summed E-state index contributed by atoms with van der Waals surface area (Å²) >= 11 is 1.46. The van der Waals surface area contributed by atoms with Crippen LogP contribution in [0.4, 0.5) is 0 Å². The number of aryl methyl sites for hydroxylation is 1. The Balaban J connectivity index is 2.48. The molecule has 1 aromatic rings. The zero-order chi connectivity index (χ0) is 15.0. The summed E-state index contributed by atoms with van der Waals surface area (Å²) < 4.78 is 10.5. The first-order chi connectivity index (χ1) is 9.52. The van der Waals surface area contributed by atoms with E-state index in [0.717, 1.165) is 16.2 Å². The quantitative estimate of drug-likeness (QED) is 0.591. The molecular weight excluding hydrogens is 276 g/mol. The molecule has 1 N–H and O–H groups in total. The van der Waals surface area contributed by atoms with Gasteiger partial charge in [0.05, 0.1) is 25.1 Å². The van der Waals surface area contributed by atoms with E-state index in [1.807, 2.05) is 25.1 Å². The van der Waals surface area contributed by atoms with Crippen LogP contribution in [0.1, 0.15) is 25.8 Å². The SMILES string of the molecule is CCOC(=O)CSc1ccc(OCCC(C)O)cc1C. The van der Waals surface area contributed by atoms with Crippen molar-refractivity contribution >= 4 is 17.7 Å². The zero-order valence-electron chi connectivity index (χ0n) is 12.2. The second-order valence-corrected chi connectivity index (χ2v) is 5.52. The summed E-state index contributed by atoms with van der Waals surface area (Å²) in [4.78, 5) is 12.4. The third kappa shape index (κ3) is 6.30. The van der Waals surface area contributed by atoms with Gasteiger partial charge in [-0.25, -0.2) is 0 Å². The van der Waals surface area contributed by atoms with Crippen LogP contribution in [-0.2, 0) is 9.53 Å². The number of hydrogen-bond acceptors (Lipinski definition) is 5. The smallest absolute Gasteiger partial charge is 0.316 e. The molecular formula is C15H22O4S. The first-order valence-electron chi connectivity index (χ1n) is 6.73. The summed E-state index contributed by atoms with van der Waals surface area (Å²) in [5, 5.41) is 9.17. The Hall–Kier alpha value is -1.20. The number of aliphatic hydroxyl groups excluding tert-OH is 1. The summed E-state index contributed by atoms with van der Waals surface area (Å²) in [7, 11) is 0. The molecule has 0 aromatic heterocycles. The van der Waals surface area contributed by atoms with Crippen LogP contribution in [0.5, 0.6) is 5.75 Å². The van der Waals surface area contributed by atoms with Crippen molar-refractivity contribution in [2.45, 2.75) is 38.2 Å². The van der Waals surface area contributed by atoms with Gasteiger partial charge in [0, 0.05) is 11.3 Å². The molecule has 20 heavy (non-hydrogen) atoms.